The van der Waals surface area contributed by atoms with Gasteiger partial charge in [-0.25, -0.2) is 4.79 Å². The Kier molecular flexibility index (Phi) is 6.19. The molecule has 3 aromatic rings. The largest absolute Gasteiger partial charge is 0.478 e. The standard InChI is InChI=1S/C30H30N2O6/c1-3-10-36-21-8-9-31-25(12-21)24(30(34)35)13-26(31)22-14-27-28(38-17-37-27)15-23(22)29(33)32-16-20-7-5-4-6-19(20)11-18(32)2/h3-7,13-15,18,21H,1,8-12,16-17H2,2H3,(H,34,35)/t18-,21?/m1/s1. The molecule has 0 saturated heterocycles. The predicted octanol–water partition coefficient (Wildman–Crippen LogP) is 4.69. The molecule has 6 rings (SSSR count). The summed E-state index contributed by atoms with van der Waals surface area (Å²) in [6.07, 6.45) is 3.59. The van der Waals surface area contributed by atoms with Crippen molar-refractivity contribution in [3.8, 4) is 22.8 Å². The van der Waals surface area contributed by atoms with Gasteiger partial charge in [-0.05, 0) is 49.1 Å². The molecule has 0 bridgehead atoms. The first-order valence-corrected chi connectivity index (χ1v) is 12.9. The van der Waals surface area contributed by atoms with Crippen LogP contribution in [0.1, 0.15) is 50.9 Å². The van der Waals surface area contributed by atoms with Crippen LogP contribution >= 0.6 is 0 Å². The van der Waals surface area contributed by atoms with Crippen molar-refractivity contribution in [3.05, 3.63) is 83.1 Å². The molecule has 4 heterocycles. The van der Waals surface area contributed by atoms with Gasteiger partial charge in [0, 0.05) is 36.8 Å². The Morgan fingerprint density at radius 2 is 1.87 bits per heavy atom. The van der Waals surface area contributed by atoms with Gasteiger partial charge < -0.3 is 28.8 Å². The number of hydrogen-bond acceptors (Lipinski definition) is 5. The van der Waals surface area contributed by atoms with Crippen LogP contribution in [-0.2, 0) is 30.7 Å². The van der Waals surface area contributed by atoms with Gasteiger partial charge in [0.2, 0.25) is 6.79 Å². The van der Waals surface area contributed by atoms with Gasteiger partial charge in [-0.3, -0.25) is 4.79 Å². The molecule has 8 nitrogen and oxygen atoms in total. The molecule has 1 N–H and O–H groups in total. The summed E-state index contributed by atoms with van der Waals surface area (Å²) in [6.45, 7) is 7.35. The topological polar surface area (TPSA) is 90.2 Å². The minimum Gasteiger partial charge on any atom is -0.478 e. The van der Waals surface area contributed by atoms with Gasteiger partial charge in [0.15, 0.2) is 11.5 Å². The molecule has 3 aliphatic rings. The normalized spacial score (nSPS) is 19.6. The summed E-state index contributed by atoms with van der Waals surface area (Å²) in [4.78, 5) is 28.3. The van der Waals surface area contributed by atoms with Crippen molar-refractivity contribution in [1.82, 2.24) is 9.47 Å². The van der Waals surface area contributed by atoms with E-state index < -0.39 is 5.97 Å². The van der Waals surface area contributed by atoms with E-state index in [2.05, 4.69) is 25.6 Å². The fraction of sp³-hybridized carbons (Fsp3) is 0.333. The quantitative estimate of drug-likeness (QED) is 0.480. The maximum Gasteiger partial charge on any atom is 0.337 e. The highest BCUT2D eigenvalue weighted by molar-refractivity contribution is 6.03. The van der Waals surface area contributed by atoms with E-state index in [1.807, 2.05) is 27.7 Å². The van der Waals surface area contributed by atoms with Crippen LogP contribution in [0.15, 0.2) is 55.1 Å². The summed E-state index contributed by atoms with van der Waals surface area (Å²) < 4.78 is 19.2. The maximum absolute atomic E-state index is 14.2. The number of hydrogen-bond donors (Lipinski definition) is 1. The Labute approximate surface area is 221 Å². The number of carbonyl (C=O) groups excluding carboxylic acids is 1. The summed E-state index contributed by atoms with van der Waals surface area (Å²) in [5, 5.41) is 10.0. The number of ether oxygens (including phenoxy) is 3. The van der Waals surface area contributed by atoms with Crippen molar-refractivity contribution in [3.63, 3.8) is 0 Å². The second kappa shape index (κ2) is 9.68. The molecule has 2 atom stereocenters. The summed E-state index contributed by atoms with van der Waals surface area (Å²) >= 11 is 0. The molecule has 38 heavy (non-hydrogen) atoms. The smallest absolute Gasteiger partial charge is 0.337 e. The number of fused-ring (bicyclic) bond motifs is 3. The molecule has 1 unspecified atom stereocenters. The van der Waals surface area contributed by atoms with E-state index in [0.29, 0.717) is 60.1 Å². The monoisotopic (exact) mass is 514 g/mol. The Morgan fingerprint density at radius 1 is 1.11 bits per heavy atom. The molecule has 0 fully saturated rings. The Balaban J connectivity index is 1.44. The number of carbonyl (C=O) groups is 2. The number of aromatic nitrogens is 1. The molecule has 0 saturated carbocycles. The highest BCUT2D eigenvalue weighted by Gasteiger charge is 2.34. The number of carboxylic acids is 1. The minimum atomic E-state index is -1.00. The lowest BCUT2D eigenvalue weighted by Gasteiger charge is -2.35. The zero-order valence-corrected chi connectivity index (χ0v) is 21.3. The molecule has 3 aliphatic heterocycles. The van der Waals surface area contributed by atoms with E-state index in [-0.39, 0.29) is 30.4 Å². The van der Waals surface area contributed by atoms with Crippen LogP contribution < -0.4 is 9.47 Å². The van der Waals surface area contributed by atoms with Crippen LogP contribution in [0, 0.1) is 0 Å². The lowest BCUT2D eigenvalue weighted by molar-refractivity contribution is 0.0545. The van der Waals surface area contributed by atoms with Crippen LogP contribution in [0.25, 0.3) is 11.3 Å². The molecular formula is C30H30N2O6. The highest BCUT2D eigenvalue weighted by atomic mass is 16.7. The van der Waals surface area contributed by atoms with E-state index in [9.17, 15) is 14.7 Å². The predicted molar refractivity (Wildman–Crippen MR) is 141 cm³/mol. The van der Waals surface area contributed by atoms with Gasteiger partial charge in [0.1, 0.15) is 0 Å². The third-order valence-corrected chi connectivity index (χ3v) is 7.77. The number of carboxylic acid groups (broad SMARTS) is 1. The Hall–Kier alpha value is -4.04. The SMILES string of the molecule is C=CCOC1CCn2c(-c3cc4c(cc3C(=O)N3Cc5ccccc5C[C@H]3C)OCO4)cc(C(=O)O)c2C1. The van der Waals surface area contributed by atoms with Gasteiger partial charge in [-0.15, -0.1) is 6.58 Å². The second-order valence-corrected chi connectivity index (χ2v) is 10.1. The van der Waals surface area contributed by atoms with Crippen molar-refractivity contribution in [2.75, 3.05) is 13.4 Å². The maximum atomic E-state index is 14.2. The third kappa shape index (κ3) is 4.15. The van der Waals surface area contributed by atoms with Crippen molar-refractivity contribution in [1.29, 1.82) is 0 Å². The molecule has 1 amide bonds. The molecule has 0 radical (unpaired) electrons. The number of benzene rings is 2. The van der Waals surface area contributed by atoms with Crippen LogP contribution in [0.4, 0.5) is 0 Å². The fourth-order valence-electron chi connectivity index (χ4n) is 5.85. The van der Waals surface area contributed by atoms with Gasteiger partial charge in [-0.1, -0.05) is 30.3 Å². The first-order chi connectivity index (χ1) is 18.4. The lowest BCUT2D eigenvalue weighted by atomic mass is 9.93. The average Bonchev–Trinajstić information content (AvgIpc) is 3.54. The first kappa shape index (κ1) is 24.3. The van der Waals surface area contributed by atoms with E-state index >= 15 is 0 Å². The second-order valence-electron chi connectivity index (χ2n) is 10.1. The minimum absolute atomic E-state index is 0.00857. The van der Waals surface area contributed by atoms with E-state index in [4.69, 9.17) is 14.2 Å². The molecule has 1 aromatic heterocycles. The van der Waals surface area contributed by atoms with Crippen LogP contribution in [0.2, 0.25) is 0 Å². The summed E-state index contributed by atoms with van der Waals surface area (Å²) in [5.74, 6) is -0.0528. The zero-order valence-electron chi connectivity index (χ0n) is 21.3. The van der Waals surface area contributed by atoms with Crippen molar-refractivity contribution >= 4 is 11.9 Å². The molecule has 2 aromatic carbocycles. The van der Waals surface area contributed by atoms with E-state index in [0.717, 1.165) is 18.4 Å². The van der Waals surface area contributed by atoms with Gasteiger partial charge >= 0.3 is 5.97 Å². The van der Waals surface area contributed by atoms with Gasteiger partial charge in [-0.2, -0.15) is 0 Å². The average molecular weight is 515 g/mol. The Morgan fingerprint density at radius 3 is 2.63 bits per heavy atom. The molecular weight excluding hydrogens is 484 g/mol. The molecule has 196 valence electrons. The number of aromatic carboxylic acids is 1. The van der Waals surface area contributed by atoms with E-state index in [1.54, 1.807) is 18.2 Å². The first-order valence-electron chi connectivity index (χ1n) is 12.9. The number of rotatable bonds is 6. The zero-order chi connectivity index (χ0) is 26.4. The third-order valence-electron chi connectivity index (χ3n) is 7.77. The summed E-state index contributed by atoms with van der Waals surface area (Å²) in [6, 6.07) is 13.4. The fourth-order valence-corrected chi connectivity index (χ4v) is 5.85. The van der Waals surface area contributed by atoms with Crippen LogP contribution in [0.5, 0.6) is 11.5 Å². The number of nitrogens with zero attached hydrogens (tertiary/aromatic N) is 2. The molecule has 8 heteroatoms. The number of amides is 1. The van der Waals surface area contributed by atoms with Crippen LogP contribution in [0.3, 0.4) is 0 Å². The van der Waals surface area contributed by atoms with Crippen molar-refractivity contribution < 1.29 is 28.9 Å². The van der Waals surface area contributed by atoms with Crippen molar-refractivity contribution in [2.45, 2.75) is 51.4 Å². The van der Waals surface area contributed by atoms with E-state index in [1.165, 1.54) is 5.56 Å². The summed E-state index contributed by atoms with van der Waals surface area (Å²) in [5.41, 5.74) is 5.13. The van der Waals surface area contributed by atoms with Crippen molar-refractivity contribution in [2.24, 2.45) is 0 Å². The lowest BCUT2D eigenvalue weighted by Crippen LogP contribution is -2.42. The van der Waals surface area contributed by atoms with Gasteiger partial charge in [0.25, 0.3) is 5.91 Å². The highest BCUT2D eigenvalue weighted by Crippen LogP contribution is 2.42. The molecule has 0 aliphatic carbocycles. The Bertz CT molecular complexity index is 1440. The van der Waals surface area contributed by atoms with Gasteiger partial charge in [0.05, 0.1) is 29.5 Å². The van der Waals surface area contributed by atoms with Crippen LogP contribution in [-0.4, -0.2) is 52.0 Å². The molecule has 0 spiro atoms. The summed E-state index contributed by atoms with van der Waals surface area (Å²) in [7, 11) is 0.